The molecular weight excluding hydrogens is 164 g/mol. The fourth-order valence-corrected chi connectivity index (χ4v) is 1.82. The molecule has 2 rings (SSSR count). The second-order valence-corrected chi connectivity index (χ2v) is 3.54. The van der Waals surface area contributed by atoms with Gasteiger partial charge in [-0.2, -0.15) is 0 Å². The minimum atomic E-state index is 0.189. The van der Waals surface area contributed by atoms with Crippen molar-refractivity contribution in [2.75, 3.05) is 12.3 Å². The normalized spacial score (nSPS) is 21.2. The number of phenolic OH excluding ortho intramolecular Hbond substituents is 1. The van der Waals surface area contributed by atoms with Gasteiger partial charge in [0.05, 0.1) is 5.69 Å². The molecule has 1 atom stereocenters. The van der Waals surface area contributed by atoms with Crippen molar-refractivity contribution in [3.8, 4) is 5.75 Å². The Morgan fingerprint density at radius 3 is 3.08 bits per heavy atom. The highest BCUT2D eigenvalue weighted by Crippen LogP contribution is 2.30. The minimum Gasteiger partial charge on any atom is -0.506 e. The number of nitrogens with two attached hydrogens (primary N) is 1. The standard InChI is InChI=1S/C10H14N2O/c1-6-8-5-10(13)9(11)4-7(8)2-3-12-6/h4-6,12-13H,2-3,11H2,1H3. The van der Waals surface area contributed by atoms with Gasteiger partial charge in [0, 0.05) is 6.04 Å². The van der Waals surface area contributed by atoms with Gasteiger partial charge in [0.15, 0.2) is 0 Å². The van der Waals surface area contributed by atoms with Crippen molar-refractivity contribution >= 4 is 5.69 Å². The molecule has 1 aliphatic heterocycles. The Hall–Kier alpha value is -1.22. The average molecular weight is 178 g/mol. The molecule has 0 spiro atoms. The van der Waals surface area contributed by atoms with Crippen molar-refractivity contribution in [2.45, 2.75) is 19.4 Å². The Kier molecular flexibility index (Phi) is 1.88. The number of anilines is 1. The van der Waals surface area contributed by atoms with Gasteiger partial charge >= 0.3 is 0 Å². The third-order valence-electron chi connectivity index (χ3n) is 2.60. The summed E-state index contributed by atoms with van der Waals surface area (Å²) in [6.45, 7) is 3.08. The summed E-state index contributed by atoms with van der Waals surface area (Å²) in [4.78, 5) is 0. The molecule has 1 aliphatic rings. The van der Waals surface area contributed by atoms with Crippen LogP contribution in [0.4, 0.5) is 5.69 Å². The Labute approximate surface area is 77.6 Å². The van der Waals surface area contributed by atoms with Gasteiger partial charge in [-0.05, 0) is 43.1 Å². The number of fused-ring (bicyclic) bond motifs is 1. The number of nitrogens with one attached hydrogen (secondary N) is 1. The molecule has 3 heteroatoms. The quantitative estimate of drug-likeness (QED) is 0.413. The summed E-state index contributed by atoms with van der Waals surface area (Å²) >= 11 is 0. The summed E-state index contributed by atoms with van der Waals surface area (Å²) in [6.07, 6.45) is 0.990. The number of aromatic hydroxyl groups is 1. The first-order chi connectivity index (χ1) is 6.18. The monoisotopic (exact) mass is 178 g/mol. The van der Waals surface area contributed by atoms with E-state index in [-0.39, 0.29) is 5.75 Å². The SMILES string of the molecule is CC1NCCc2cc(N)c(O)cc21. The molecule has 4 N–H and O–H groups in total. The molecule has 0 saturated heterocycles. The molecule has 0 aromatic heterocycles. The van der Waals surface area contributed by atoms with Gasteiger partial charge in [0.1, 0.15) is 5.75 Å². The summed E-state index contributed by atoms with van der Waals surface area (Å²) in [5, 5.41) is 12.8. The maximum absolute atomic E-state index is 9.44. The summed E-state index contributed by atoms with van der Waals surface area (Å²) in [5.41, 5.74) is 8.51. The maximum Gasteiger partial charge on any atom is 0.138 e. The number of hydrogen-bond donors (Lipinski definition) is 3. The summed E-state index contributed by atoms with van der Waals surface area (Å²) in [5.74, 6) is 0.189. The van der Waals surface area contributed by atoms with Crippen LogP contribution in [0.15, 0.2) is 12.1 Å². The Balaban J connectivity index is 2.52. The van der Waals surface area contributed by atoms with Crippen molar-refractivity contribution in [3.63, 3.8) is 0 Å². The zero-order chi connectivity index (χ0) is 9.42. The lowest BCUT2D eigenvalue weighted by atomic mass is 9.94. The van der Waals surface area contributed by atoms with Gasteiger partial charge < -0.3 is 16.2 Å². The second kappa shape index (κ2) is 2.92. The largest absolute Gasteiger partial charge is 0.506 e. The molecule has 3 nitrogen and oxygen atoms in total. The van der Waals surface area contributed by atoms with E-state index in [9.17, 15) is 5.11 Å². The summed E-state index contributed by atoms with van der Waals surface area (Å²) < 4.78 is 0. The summed E-state index contributed by atoms with van der Waals surface area (Å²) in [6, 6.07) is 3.96. The van der Waals surface area contributed by atoms with Crippen LogP contribution in [0.5, 0.6) is 5.75 Å². The Morgan fingerprint density at radius 2 is 2.31 bits per heavy atom. The van der Waals surface area contributed by atoms with E-state index in [1.54, 1.807) is 6.07 Å². The molecule has 0 radical (unpaired) electrons. The van der Waals surface area contributed by atoms with Crippen LogP contribution in [0, 0.1) is 0 Å². The van der Waals surface area contributed by atoms with Gasteiger partial charge in [-0.15, -0.1) is 0 Å². The first-order valence-corrected chi connectivity index (χ1v) is 4.53. The summed E-state index contributed by atoms with van der Waals surface area (Å²) in [7, 11) is 0. The fourth-order valence-electron chi connectivity index (χ4n) is 1.82. The molecule has 1 aromatic rings. The van der Waals surface area contributed by atoms with Gasteiger partial charge in [0.2, 0.25) is 0 Å². The molecule has 0 aliphatic carbocycles. The van der Waals surface area contributed by atoms with Gasteiger partial charge in [-0.25, -0.2) is 0 Å². The number of benzene rings is 1. The van der Waals surface area contributed by atoms with Gasteiger partial charge in [-0.1, -0.05) is 0 Å². The fraction of sp³-hybridized carbons (Fsp3) is 0.400. The molecule has 1 unspecified atom stereocenters. The number of rotatable bonds is 0. The van der Waals surface area contributed by atoms with Crippen molar-refractivity contribution < 1.29 is 5.11 Å². The van der Waals surface area contributed by atoms with Crippen molar-refractivity contribution in [1.82, 2.24) is 5.32 Å². The van der Waals surface area contributed by atoms with E-state index < -0.39 is 0 Å². The van der Waals surface area contributed by atoms with Crippen LogP contribution in [0.2, 0.25) is 0 Å². The first-order valence-electron chi connectivity index (χ1n) is 4.53. The Bertz CT molecular complexity index is 336. The van der Waals surface area contributed by atoms with E-state index in [2.05, 4.69) is 12.2 Å². The van der Waals surface area contributed by atoms with E-state index in [0.29, 0.717) is 11.7 Å². The van der Waals surface area contributed by atoms with E-state index in [0.717, 1.165) is 18.5 Å². The predicted octanol–water partition coefficient (Wildman–Crippen LogP) is 1.18. The van der Waals surface area contributed by atoms with Gasteiger partial charge in [0.25, 0.3) is 0 Å². The van der Waals surface area contributed by atoms with Crippen molar-refractivity contribution in [2.24, 2.45) is 0 Å². The highest BCUT2D eigenvalue weighted by molar-refractivity contribution is 5.57. The van der Waals surface area contributed by atoms with Crippen molar-refractivity contribution in [1.29, 1.82) is 0 Å². The lowest BCUT2D eigenvalue weighted by molar-refractivity contribution is 0.471. The first kappa shape index (κ1) is 8.38. The zero-order valence-electron chi connectivity index (χ0n) is 7.67. The van der Waals surface area contributed by atoms with Gasteiger partial charge in [-0.3, -0.25) is 0 Å². The number of hydrogen-bond acceptors (Lipinski definition) is 3. The molecule has 0 fully saturated rings. The zero-order valence-corrected chi connectivity index (χ0v) is 7.67. The van der Waals surface area contributed by atoms with Crippen LogP contribution in [0.25, 0.3) is 0 Å². The molecule has 0 bridgehead atoms. The lowest BCUT2D eigenvalue weighted by Crippen LogP contribution is -2.27. The van der Waals surface area contributed by atoms with Crippen LogP contribution in [-0.4, -0.2) is 11.7 Å². The number of phenols is 1. The number of nitrogen functional groups attached to an aromatic ring is 1. The molecule has 70 valence electrons. The maximum atomic E-state index is 9.44. The topological polar surface area (TPSA) is 58.3 Å². The van der Waals surface area contributed by atoms with Crippen LogP contribution >= 0.6 is 0 Å². The van der Waals surface area contributed by atoms with Crippen LogP contribution < -0.4 is 11.1 Å². The highest BCUT2D eigenvalue weighted by atomic mass is 16.3. The molecule has 0 saturated carbocycles. The van der Waals surface area contributed by atoms with Crippen LogP contribution in [0.1, 0.15) is 24.1 Å². The molecule has 1 aromatic carbocycles. The predicted molar refractivity (Wildman–Crippen MR) is 52.6 cm³/mol. The third kappa shape index (κ3) is 1.35. The van der Waals surface area contributed by atoms with Crippen LogP contribution in [-0.2, 0) is 6.42 Å². The van der Waals surface area contributed by atoms with Crippen molar-refractivity contribution in [3.05, 3.63) is 23.3 Å². The van der Waals surface area contributed by atoms with E-state index in [4.69, 9.17) is 5.73 Å². The molecule has 13 heavy (non-hydrogen) atoms. The third-order valence-corrected chi connectivity index (χ3v) is 2.60. The van der Waals surface area contributed by atoms with E-state index >= 15 is 0 Å². The average Bonchev–Trinajstić information content (AvgIpc) is 2.09. The molecule has 0 amide bonds. The smallest absolute Gasteiger partial charge is 0.138 e. The Morgan fingerprint density at radius 1 is 1.54 bits per heavy atom. The molecule has 1 heterocycles. The molecular formula is C10H14N2O. The second-order valence-electron chi connectivity index (χ2n) is 3.54. The lowest BCUT2D eigenvalue weighted by Gasteiger charge is -2.24. The van der Waals surface area contributed by atoms with E-state index in [1.165, 1.54) is 5.56 Å². The van der Waals surface area contributed by atoms with E-state index in [1.807, 2.05) is 6.07 Å². The minimum absolute atomic E-state index is 0.189. The highest BCUT2D eigenvalue weighted by Gasteiger charge is 2.16. The van der Waals surface area contributed by atoms with Crippen LogP contribution in [0.3, 0.4) is 0 Å².